The molecule has 0 saturated carbocycles. The van der Waals surface area contributed by atoms with Crippen LogP contribution in [0.15, 0.2) is 23.2 Å². The van der Waals surface area contributed by atoms with Gasteiger partial charge in [0.2, 0.25) is 5.82 Å². The molecule has 1 heterocycles. The first kappa shape index (κ1) is 16.9. The zero-order valence-electron chi connectivity index (χ0n) is 11.8. The van der Waals surface area contributed by atoms with Crippen LogP contribution >= 0.6 is 35.0 Å². The molecule has 1 aromatic heterocycles. The lowest BCUT2D eigenvalue weighted by Gasteiger charge is -2.13. The van der Waals surface area contributed by atoms with Gasteiger partial charge in [0, 0.05) is 5.02 Å². The number of carboxylic acids is 1. The van der Waals surface area contributed by atoms with E-state index in [-0.39, 0.29) is 5.82 Å². The second-order valence-electron chi connectivity index (χ2n) is 4.18. The van der Waals surface area contributed by atoms with Crippen LogP contribution < -0.4 is 4.74 Å². The predicted octanol–water partition coefficient (Wildman–Crippen LogP) is 4.69. The molecule has 5 nitrogen and oxygen atoms in total. The molecular weight excluding hydrogens is 347 g/mol. The Kier molecular flexibility index (Phi) is 5.50. The summed E-state index contributed by atoms with van der Waals surface area (Å²) >= 11 is 13.3. The summed E-state index contributed by atoms with van der Waals surface area (Å²) in [5.41, 5.74) is 0.425. The first-order valence-electron chi connectivity index (χ1n) is 6.30. The van der Waals surface area contributed by atoms with Gasteiger partial charge in [-0.15, -0.1) is 11.8 Å². The molecule has 2 aromatic rings. The summed E-state index contributed by atoms with van der Waals surface area (Å²) < 4.78 is 5.78. The Balaban J connectivity index is 2.47. The largest absolute Gasteiger partial charge is 0.475 e. The van der Waals surface area contributed by atoms with Crippen molar-refractivity contribution in [3.05, 3.63) is 39.8 Å². The monoisotopic (exact) mass is 358 g/mol. The number of halogens is 2. The molecule has 1 aromatic carbocycles. The summed E-state index contributed by atoms with van der Waals surface area (Å²) in [6, 6.07) is 4.85. The molecule has 0 aliphatic rings. The number of aromatic nitrogens is 2. The van der Waals surface area contributed by atoms with Gasteiger partial charge in [-0.1, -0.05) is 30.1 Å². The highest BCUT2D eigenvalue weighted by molar-refractivity contribution is 7.99. The van der Waals surface area contributed by atoms with Crippen LogP contribution in [0.1, 0.15) is 23.2 Å². The number of benzene rings is 1. The molecule has 0 saturated heterocycles. The third kappa shape index (κ3) is 3.82. The van der Waals surface area contributed by atoms with E-state index in [4.69, 9.17) is 33.0 Å². The van der Waals surface area contributed by atoms with Gasteiger partial charge in [0.25, 0.3) is 0 Å². The average molecular weight is 359 g/mol. The van der Waals surface area contributed by atoms with Gasteiger partial charge in [-0.05, 0) is 30.9 Å². The van der Waals surface area contributed by atoms with E-state index in [9.17, 15) is 4.79 Å². The van der Waals surface area contributed by atoms with Crippen molar-refractivity contribution in [2.75, 3.05) is 5.75 Å². The van der Waals surface area contributed by atoms with Gasteiger partial charge in [-0.2, -0.15) is 0 Å². The van der Waals surface area contributed by atoms with Gasteiger partial charge in [-0.25, -0.2) is 14.8 Å². The minimum Gasteiger partial charge on any atom is -0.475 e. The molecular formula is C14H12Cl2N2O3S. The number of aromatic carboxylic acids is 1. The molecule has 0 spiro atoms. The molecule has 22 heavy (non-hydrogen) atoms. The van der Waals surface area contributed by atoms with E-state index < -0.39 is 5.97 Å². The van der Waals surface area contributed by atoms with Crippen molar-refractivity contribution >= 4 is 40.9 Å². The fraction of sp³-hybridized carbons (Fsp3) is 0.214. The highest BCUT2D eigenvalue weighted by Crippen LogP contribution is 2.37. The molecule has 0 amide bonds. The smallest absolute Gasteiger partial charge is 0.373 e. The Morgan fingerprint density at radius 1 is 1.36 bits per heavy atom. The van der Waals surface area contributed by atoms with E-state index in [1.54, 1.807) is 25.1 Å². The zero-order valence-corrected chi connectivity index (χ0v) is 14.1. The van der Waals surface area contributed by atoms with Crippen LogP contribution in [0.2, 0.25) is 10.0 Å². The number of ether oxygens (including phenoxy) is 1. The number of carbonyl (C=O) groups is 1. The first-order chi connectivity index (χ1) is 10.4. The van der Waals surface area contributed by atoms with Crippen LogP contribution in [0.5, 0.6) is 11.5 Å². The van der Waals surface area contributed by atoms with Gasteiger partial charge >= 0.3 is 5.97 Å². The van der Waals surface area contributed by atoms with E-state index in [1.807, 2.05) is 6.92 Å². The summed E-state index contributed by atoms with van der Waals surface area (Å²) in [6.07, 6.45) is 0. The van der Waals surface area contributed by atoms with E-state index in [1.165, 1.54) is 11.8 Å². The van der Waals surface area contributed by atoms with Crippen molar-refractivity contribution in [2.45, 2.75) is 18.9 Å². The standard InChI is InChI=1S/C14H12Cl2N2O3S/c1-3-22-13-11(7(2)17-12(18-13)14(19)20)21-10-5-4-8(15)6-9(10)16/h4-6H,3H2,1-2H3,(H,19,20). The van der Waals surface area contributed by atoms with Crippen LogP contribution in [0.25, 0.3) is 0 Å². The molecule has 0 bridgehead atoms. The maximum absolute atomic E-state index is 11.1. The summed E-state index contributed by atoms with van der Waals surface area (Å²) in [6.45, 7) is 3.59. The summed E-state index contributed by atoms with van der Waals surface area (Å²) in [4.78, 5) is 19.0. The van der Waals surface area contributed by atoms with Crippen molar-refractivity contribution in [3.63, 3.8) is 0 Å². The van der Waals surface area contributed by atoms with Gasteiger partial charge in [0.1, 0.15) is 10.8 Å². The van der Waals surface area contributed by atoms with Crippen molar-refractivity contribution < 1.29 is 14.6 Å². The van der Waals surface area contributed by atoms with Gasteiger partial charge in [-0.3, -0.25) is 0 Å². The van der Waals surface area contributed by atoms with Crippen LogP contribution in [0.4, 0.5) is 0 Å². The number of nitrogens with zero attached hydrogens (tertiary/aromatic N) is 2. The molecule has 0 radical (unpaired) electrons. The topological polar surface area (TPSA) is 72.3 Å². The number of thioether (sulfide) groups is 1. The summed E-state index contributed by atoms with van der Waals surface area (Å²) in [7, 11) is 0. The second kappa shape index (κ2) is 7.17. The lowest BCUT2D eigenvalue weighted by atomic mass is 10.3. The third-order valence-electron chi connectivity index (χ3n) is 2.58. The molecule has 0 aliphatic carbocycles. The average Bonchev–Trinajstić information content (AvgIpc) is 2.44. The molecule has 116 valence electrons. The molecule has 0 aliphatic heterocycles. The molecule has 0 atom stereocenters. The van der Waals surface area contributed by atoms with Crippen LogP contribution in [0, 0.1) is 6.92 Å². The van der Waals surface area contributed by atoms with Crippen molar-refractivity contribution in [1.29, 1.82) is 0 Å². The first-order valence-corrected chi connectivity index (χ1v) is 8.04. The Labute approximate surface area is 141 Å². The molecule has 8 heteroatoms. The number of rotatable bonds is 5. The Morgan fingerprint density at radius 2 is 2.09 bits per heavy atom. The van der Waals surface area contributed by atoms with Crippen molar-refractivity contribution in [2.24, 2.45) is 0 Å². The van der Waals surface area contributed by atoms with Crippen molar-refractivity contribution in [1.82, 2.24) is 9.97 Å². The van der Waals surface area contributed by atoms with Gasteiger partial charge < -0.3 is 9.84 Å². The maximum Gasteiger partial charge on any atom is 0.373 e. The number of aryl methyl sites for hydroxylation is 1. The molecule has 2 rings (SSSR count). The van der Waals surface area contributed by atoms with Gasteiger partial charge in [0.05, 0.1) is 10.7 Å². The minimum atomic E-state index is -1.18. The fourth-order valence-electron chi connectivity index (χ4n) is 1.65. The quantitative estimate of drug-likeness (QED) is 0.617. The molecule has 1 N–H and O–H groups in total. The third-order valence-corrected chi connectivity index (χ3v) is 3.95. The van der Waals surface area contributed by atoms with Crippen LogP contribution in [0.3, 0.4) is 0 Å². The highest BCUT2D eigenvalue weighted by atomic mass is 35.5. The molecule has 0 fully saturated rings. The fourth-order valence-corrected chi connectivity index (χ4v) is 2.84. The lowest BCUT2D eigenvalue weighted by Crippen LogP contribution is -2.08. The van der Waals surface area contributed by atoms with E-state index in [0.29, 0.717) is 38.0 Å². The Morgan fingerprint density at radius 3 is 2.68 bits per heavy atom. The van der Waals surface area contributed by atoms with Crippen LogP contribution in [-0.2, 0) is 0 Å². The molecule has 0 unspecified atom stereocenters. The SMILES string of the molecule is CCSc1nc(C(=O)O)nc(C)c1Oc1ccc(Cl)cc1Cl. The van der Waals surface area contributed by atoms with Crippen molar-refractivity contribution in [3.8, 4) is 11.5 Å². The predicted molar refractivity (Wildman–Crippen MR) is 86.7 cm³/mol. The number of hydrogen-bond donors (Lipinski definition) is 1. The normalized spacial score (nSPS) is 10.5. The van der Waals surface area contributed by atoms with Crippen LogP contribution in [-0.4, -0.2) is 26.8 Å². The summed E-state index contributed by atoms with van der Waals surface area (Å²) in [5, 5.41) is 10.3. The Hall–Kier alpha value is -1.50. The minimum absolute atomic E-state index is 0.261. The van der Waals surface area contributed by atoms with E-state index in [2.05, 4.69) is 9.97 Å². The highest BCUT2D eigenvalue weighted by Gasteiger charge is 2.18. The summed E-state index contributed by atoms with van der Waals surface area (Å²) in [5.74, 6) is 0.0558. The number of carboxylic acid groups (broad SMARTS) is 1. The van der Waals surface area contributed by atoms with E-state index in [0.717, 1.165) is 0 Å². The Bertz CT molecular complexity index is 725. The maximum atomic E-state index is 11.1. The zero-order chi connectivity index (χ0) is 16.3. The lowest BCUT2D eigenvalue weighted by molar-refractivity contribution is 0.0682. The second-order valence-corrected chi connectivity index (χ2v) is 6.28. The number of hydrogen-bond acceptors (Lipinski definition) is 5. The van der Waals surface area contributed by atoms with Gasteiger partial charge in [0.15, 0.2) is 5.75 Å². The van der Waals surface area contributed by atoms with E-state index >= 15 is 0 Å².